The van der Waals surface area contributed by atoms with Crippen LogP contribution in [0.2, 0.25) is 0 Å². The number of hydrogen-bond acceptors (Lipinski definition) is 3. The summed E-state index contributed by atoms with van der Waals surface area (Å²) in [7, 11) is -1.81. The second kappa shape index (κ2) is 6.83. The summed E-state index contributed by atoms with van der Waals surface area (Å²) >= 11 is 0. The van der Waals surface area contributed by atoms with Gasteiger partial charge in [0.25, 0.3) is 5.91 Å². The number of carbonyl (C=O) groups excluding carboxylic acids is 1. The van der Waals surface area contributed by atoms with Crippen molar-refractivity contribution in [3.63, 3.8) is 0 Å². The Balaban J connectivity index is 1.74. The highest BCUT2D eigenvalue weighted by Gasteiger charge is 2.25. The fourth-order valence-electron chi connectivity index (χ4n) is 3.64. The van der Waals surface area contributed by atoms with Crippen LogP contribution in [0.1, 0.15) is 16.1 Å². The van der Waals surface area contributed by atoms with Crippen LogP contribution in [0.15, 0.2) is 60.7 Å². The molecule has 28 heavy (non-hydrogen) atoms. The number of para-hydroxylation sites is 1. The molecule has 0 fully saturated rings. The van der Waals surface area contributed by atoms with E-state index in [9.17, 15) is 13.2 Å². The van der Waals surface area contributed by atoms with Crippen molar-refractivity contribution in [2.24, 2.45) is 7.05 Å². The first-order valence-corrected chi connectivity index (χ1v) is 10.8. The zero-order chi connectivity index (χ0) is 19.9. The number of aromatic nitrogens is 2. The Morgan fingerprint density at radius 2 is 1.68 bits per heavy atom. The van der Waals surface area contributed by atoms with Gasteiger partial charge in [-0.05, 0) is 24.1 Å². The van der Waals surface area contributed by atoms with E-state index in [0.717, 1.165) is 26.7 Å². The van der Waals surface area contributed by atoms with Gasteiger partial charge in [0.05, 0.1) is 22.8 Å². The summed E-state index contributed by atoms with van der Waals surface area (Å²) in [6.45, 7) is 0.425. The molecular formula is C21H21N3O3S. The van der Waals surface area contributed by atoms with Crippen LogP contribution in [0.3, 0.4) is 0 Å². The zero-order valence-corrected chi connectivity index (χ0v) is 16.5. The molecule has 6 nitrogen and oxygen atoms in total. The minimum Gasteiger partial charge on any atom is -0.350 e. The number of carbonyl (C=O) groups is 1. The monoisotopic (exact) mass is 395 g/mol. The largest absolute Gasteiger partial charge is 0.350 e. The first-order valence-electron chi connectivity index (χ1n) is 8.99. The van der Waals surface area contributed by atoms with Gasteiger partial charge in [0.2, 0.25) is 10.0 Å². The first kappa shape index (κ1) is 18.3. The highest BCUT2D eigenvalue weighted by Crippen LogP contribution is 2.31. The van der Waals surface area contributed by atoms with Crippen LogP contribution in [0.5, 0.6) is 0 Å². The van der Waals surface area contributed by atoms with Gasteiger partial charge in [-0.25, -0.2) is 12.4 Å². The molecule has 0 aliphatic heterocycles. The number of rotatable bonds is 5. The average Bonchev–Trinajstić information content (AvgIpc) is 3.20. The van der Waals surface area contributed by atoms with Gasteiger partial charge in [0.15, 0.2) is 0 Å². The topological polar surface area (TPSA) is 73.1 Å². The van der Waals surface area contributed by atoms with E-state index in [1.807, 2.05) is 66.2 Å². The Kier molecular flexibility index (Phi) is 4.47. The Morgan fingerprint density at radius 1 is 1.00 bits per heavy atom. The van der Waals surface area contributed by atoms with Crippen molar-refractivity contribution in [2.75, 3.05) is 12.8 Å². The molecule has 1 N–H and O–H groups in total. The van der Waals surface area contributed by atoms with Crippen LogP contribution in [0.4, 0.5) is 0 Å². The molecule has 2 aromatic heterocycles. The molecule has 2 heterocycles. The van der Waals surface area contributed by atoms with Crippen LogP contribution >= 0.6 is 0 Å². The number of fused-ring (bicyclic) bond motifs is 3. The number of amides is 1. The van der Waals surface area contributed by atoms with Crippen molar-refractivity contribution >= 4 is 37.9 Å². The van der Waals surface area contributed by atoms with E-state index >= 15 is 0 Å². The summed E-state index contributed by atoms with van der Waals surface area (Å²) in [6, 6.07) is 19.0. The lowest BCUT2D eigenvalue weighted by Crippen LogP contribution is -2.29. The predicted octanol–water partition coefficient (Wildman–Crippen LogP) is 2.91. The van der Waals surface area contributed by atoms with Crippen LogP contribution in [0.25, 0.3) is 21.9 Å². The fraction of sp³-hybridized carbons (Fsp3) is 0.190. The number of aryl methyl sites for hydroxylation is 1. The number of nitrogens with one attached hydrogen (secondary N) is 1. The van der Waals surface area contributed by atoms with E-state index < -0.39 is 15.9 Å². The third kappa shape index (κ3) is 3.07. The number of hydrogen-bond donors (Lipinski definition) is 1. The molecular weight excluding hydrogens is 374 g/mol. The molecule has 0 bridgehead atoms. The molecule has 0 saturated heterocycles. The molecule has 1 amide bonds. The minimum atomic E-state index is -3.67. The number of nitrogens with zero attached hydrogens (tertiary/aromatic N) is 2. The normalized spacial score (nSPS) is 11.9. The molecule has 0 unspecified atom stereocenters. The maximum Gasteiger partial charge on any atom is 0.269 e. The minimum absolute atomic E-state index is 0.127. The molecule has 7 heteroatoms. The smallest absolute Gasteiger partial charge is 0.269 e. The fourth-order valence-corrected chi connectivity index (χ4v) is 4.65. The summed E-state index contributed by atoms with van der Waals surface area (Å²) in [5.41, 5.74) is 3.40. The summed E-state index contributed by atoms with van der Waals surface area (Å²) < 4.78 is 28.2. The number of benzene rings is 2. The van der Waals surface area contributed by atoms with E-state index in [2.05, 4.69) is 5.32 Å². The van der Waals surface area contributed by atoms with Gasteiger partial charge in [-0.15, -0.1) is 0 Å². The predicted molar refractivity (Wildman–Crippen MR) is 111 cm³/mol. The van der Waals surface area contributed by atoms with Crippen molar-refractivity contribution in [3.05, 3.63) is 71.9 Å². The molecule has 0 atom stereocenters. The molecule has 0 spiro atoms. The third-order valence-electron chi connectivity index (χ3n) is 4.93. The van der Waals surface area contributed by atoms with E-state index in [4.69, 9.17) is 0 Å². The van der Waals surface area contributed by atoms with E-state index in [0.29, 0.717) is 24.0 Å². The van der Waals surface area contributed by atoms with Crippen LogP contribution in [0, 0.1) is 0 Å². The van der Waals surface area contributed by atoms with Gasteiger partial charge in [-0.1, -0.05) is 48.5 Å². The maximum atomic E-state index is 12.8. The summed E-state index contributed by atoms with van der Waals surface area (Å²) in [4.78, 5) is 12.8. The van der Waals surface area contributed by atoms with E-state index in [1.165, 1.54) is 0 Å². The highest BCUT2D eigenvalue weighted by atomic mass is 32.2. The van der Waals surface area contributed by atoms with Crippen molar-refractivity contribution in [3.8, 4) is 0 Å². The van der Waals surface area contributed by atoms with Crippen molar-refractivity contribution in [1.29, 1.82) is 0 Å². The van der Waals surface area contributed by atoms with Crippen LogP contribution < -0.4 is 5.32 Å². The second-order valence-corrected chi connectivity index (χ2v) is 8.69. The lowest BCUT2D eigenvalue weighted by atomic mass is 10.1. The second-order valence-electron chi connectivity index (χ2n) is 6.86. The van der Waals surface area contributed by atoms with E-state index in [-0.39, 0.29) is 5.69 Å². The third-order valence-corrected chi connectivity index (χ3v) is 5.97. The lowest BCUT2D eigenvalue weighted by molar-refractivity contribution is 0.0948. The molecule has 4 rings (SSSR count). The van der Waals surface area contributed by atoms with Gasteiger partial charge >= 0.3 is 0 Å². The quantitative estimate of drug-likeness (QED) is 0.565. The molecule has 0 aliphatic carbocycles. The van der Waals surface area contributed by atoms with Crippen LogP contribution in [-0.4, -0.2) is 35.7 Å². The summed E-state index contributed by atoms with van der Waals surface area (Å²) in [5, 5.41) is 3.64. The standard InChI is InChI=1S/C21H21N3O3S/c1-23-17-11-7-6-10-16(17)20-18(23)14-19(24(20)28(2,26)27)21(25)22-13-12-15-8-4-3-5-9-15/h3-11,14H,12-13H2,1-2H3,(H,22,25). The average molecular weight is 395 g/mol. The van der Waals surface area contributed by atoms with Gasteiger partial charge in [0.1, 0.15) is 5.69 Å². The van der Waals surface area contributed by atoms with Crippen molar-refractivity contribution < 1.29 is 13.2 Å². The van der Waals surface area contributed by atoms with Crippen LogP contribution in [-0.2, 0) is 23.5 Å². The Labute approximate surface area is 163 Å². The Bertz CT molecular complexity index is 1280. The molecule has 0 aliphatic rings. The summed E-state index contributed by atoms with van der Waals surface area (Å²) in [5.74, 6) is -0.401. The molecule has 144 valence electrons. The molecule has 4 aromatic rings. The van der Waals surface area contributed by atoms with Crippen molar-refractivity contribution in [1.82, 2.24) is 13.9 Å². The lowest BCUT2D eigenvalue weighted by Gasteiger charge is -2.09. The van der Waals surface area contributed by atoms with Gasteiger partial charge < -0.3 is 9.88 Å². The molecule has 0 saturated carbocycles. The summed E-state index contributed by atoms with van der Waals surface area (Å²) in [6.07, 6.45) is 1.80. The van der Waals surface area contributed by atoms with Gasteiger partial charge in [-0.3, -0.25) is 4.79 Å². The van der Waals surface area contributed by atoms with Crippen molar-refractivity contribution in [2.45, 2.75) is 6.42 Å². The maximum absolute atomic E-state index is 12.8. The Morgan fingerprint density at radius 3 is 2.39 bits per heavy atom. The van der Waals surface area contributed by atoms with E-state index in [1.54, 1.807) is 6.07 Å². The van der Waals surface area contributed by atoms with Gasteiger partial charge in [-0.2, -0.15) is 0 Å². The van der Waals surface area contributed by atoms with Gasteiger partial charge in [0, 0.05) is 19.0 Å². The molecule has 2 aromatic carbocycles. The SMILES string of the molecule is Cn1c2ccccc2c2c1cc(C(=O)NCCc1ccccc1)n2S(C)(=O)=O. The molecule has 0 radical (unpaired) electrons. The zero-order valence-electron chi connectivity index (χ0n) is 15.7. The first-order chi connectivity index (χ1) is 13.4. The Hall–Kier alpha value is -3.06. The highest BCUT2D eigenvalue weighted by molar-refractivity contribution is 7.89.